The molecule has 4 aromatic heterocycles. The SMILES string of the molecule is CNc1cc(Nc2cccc3c2N(C)C(C)c2c-3cnn2C2CN(C(O)(O)c3cccc(C(=O)N4CCCC4)n3)C2)n2nccc2n1.O=CC1CC1. The maximum absolute atomic E-state index is 12.9. The van der Waals surface area contributed by atoms with E-state index in [4.69, 9.17) is 5.10 Å². The Kier molecular flexibility index (Phi) is 8.64. The van der Waals surface area contributed by atoms with E-state index in [0.717, 1.165) is 77.4 Å². The van der Waals surface area contributed by atoms with Crippen LogP contribution in [0.5, 0.6) is 0 Å². The van der Waals surface area contributed by atoms with Crippen molar-refractivity contribution in [3.05, 3.63) is 78.0 Å². The van der Waals surface area contributed by atoms with Crippen LogP contribution >= 0.6 is 0 Å². The first-order valence-electron chi connectivity index (χ1n) is 17.8. The van der Waals surface area contributed by atoms with Crippen molar-refractivity contribution in [2.45, 2.75) is 50.6 Å². The number of nitrogens with one attached hydrogen (secondary N) is 2. The van der Waals surface area contributed by atoms with Crippen LogP contribution in [0, 0.1) is 5.92 Å². The van der Waals surface area contributed by atoms with Gasteiger partial charge in [-0.2, -0.15) is 14.7 Å². The van der Waals surface area contributed by atoms with Crippen LogP contribution in [0.2, 0.25) is 0 Å². The molecule has 1 atom stereocenters. The maximum atomic E-state index is 12.9. The molecule has 0 spiro atoms. The molecule has 3 fully saturated rings. The number of aliphatic hydroxyl groups is 2. The minimum absolute atomic E-state index is 0.0185. The van der Waals surface area contributed by atoms with Gasteiger partial charge in [-0.05, 0) is 50.8 Å². The second-order valence-electron chi connectivity index (χ2n) is 14.0. The number of amides is 1. The van der Waals surface area contributed by atoms with Crippen LogP contribution in [0.25, 0.3) is 16.8 Å². The van der Waals surface area contributed by atoms with Crippen molar-refractivity contribution >= 4 is 40.9 Å². The van der Waals surface area contributed by atoms with Crippen molar-refractivity contribution < 1.29 is 19.8 Å². The number of hydrogen-bond donors (Lipinski definition) is 4. The lowest BCUT2D eigenvalue weighted by molar-refractivity contribution is -0.302. The van der Waals surface area contributed by atoms with E-state index in [1.165, 1.54) is 0 Å². The number of fused-ring (bicyclic) bond motifs is 4. The zero-order valence-corrected chi connectivity index (χ0v) is 29.5. The summed E-state index contributed by atoms with van der Waals surface area (Å²) in [4.78, 5) is 37.0. The first-order valence-corrected chi connectivity index (χ1v) is 17.8. The topological polar surface area (TPSA) is 169 Å². The van der Waals surface area contributed by atoms with E-state index in [1.807, 2.05) is 36.1 Å². The average Bonchev–Trinajstić information content (AvgIpc) is 3.47. The van der Waals surface area contributed by atoms with Crippen LogP contribution in [0.1, 0.15) is 66.6 Å². The van der Waals surface area contributed by atoms with Gasteiger partial charge in [0.1, 0.15) is 29.3 Å². The van der Waals surface area contributed by atoms with Gasteiger partial charge in [0, 0.05) is 69.5 Å². The summed E-state index contributed by atoms with van der Waals surface area (Å²) in [7, 11) is 3.92. The number of rotatable bonds is 8. The van der Waals surface area contributed by atoms with Gasteiger partial charge in [-0.25, -0.2) is 14.9 Å². The molecule has 7 heterocycles. The fourth-order valence-corrected chi connectivity index (χ4v) is 7.26. The summed E-state index contributed by atoms with van der Waals surface area (Å²) in [5.74, 6) is -0.527. The molecule has 52 heavy (non-hydrogen) atoms. The largest absolute Gasteiger partial charge is 0.373 e. The summed E-state index contributed by atoms with van der Waals surface area (Å²) >= 11 is 0. The van der Waals surface area contributed by atoms with Crippen LogP contribution in [0.15, 0.2) is 60.9 Å². The smallest absolute Gasteiger partial charge is 0.272 e. The van der Waals surface area contributed by atoms with Crippen LogP contribution < -0.4 is 15.5 Å². The normalized spacial score (nSPS) is 18.7. The molecule has 1 aliphatic carbocycles. The van der Waals surface area contributed by atoms with Crippen molar-refractivity contribution in [3.63, 3.8) is 0 Å². The van der Waals surface area contributed by atoms with Gasteiger partial charge in [0.25, 0.3) is 11.8 Å². The molecule has 4 aliphatic rings. The number of carbonyl (C=O) groups excluding carboxylic acids is 2. The van der Waals surface area contributed by atoms with Gasteiger partial charge in [0.05, 0.1) is 41.5 Å². The molecular formula is C37H43N11O4. The molecular weight excluding hydrogens is 662 g/mol. The molecule has 4 N–H and O–H groups in total. The molecule has 15 heteroatoms. The number of aromatic nitrogens is 6. The van der Waals surface area contributed by atoms with Gasteiger partial charge < -0.3 is 35.4 Å². The monoisotopic (exact) mass is 705 g/mol. The number of aldehydes is 1. The Morgan fingerprint density at radius 1 is 1.00 bits per heavy atom. The predicted octanol–water partition coefficient (Wildman–Crippen LogP) is 3.77. The standard InChI is InChI=1S/C33H37N11O3.C4H6O/c1-20-30-23(22-8-6-9-24(31(22)40(20)3)38-29-16-27(34-2)39-28-12-13-35-44(28)29)17-36-43(30)21-18-42(19-21)33(46,47)26-11-7-10-25(37-26)32(45)41-14-4-5-15-41;5-3-4-1-2-4/h6-13,16-17,20-21,38,46-47H,4-5,14-15,18-19H2,1-3H3,(H,34,39);3-4H,1-2H2. The average molecular weight is 706 g/mol. The molecule has 5 aromatic rings. The quantitative estimate of drug-likeness (QED) is 0.136. The lowest BCUT2D eigenvalue weighted by atomic mass is 9.93. The second kappa shape index (κ2) is 13.3. The van der Waals surface area contributed by atoms with Gasteiger partial charge in [0.2, 0.25) is 0 Å². The Hall–Kier alpha value is -5.38. The van der Waals surface area contributed by atoms with Gasteiger partial charge in [-0.3, -0.25) is 9.48 Å². The number of benzene rings is 1. The van der Waals surface area contributed by atoms with Crippen molar-refractivity contribution in [2.75, 3.05) is 55.8 Å². The van der Waals surface area contributed by atoms with Crippen molar-refractivity contribution in [2.24, 2.45) is 5.92 Å². The van der Waals surface area contributed by atoms with Crippen molar-refractivity contribution in [3.8, 4) is 11.1 Å². The zero-order chi connectivity index (χ0) is 36.1. The van der Waals surface area contributed by atoms with E-state index in [2.05, 4.69) is 56.7 Å². The Labute approximate surface area is 300 Å². The highest BCUT2D eigenvalue weighted by Gasteiger charge is 2.46. The van der Waals surface area contributed by atoms with Crippen LogP contribution in [-0.2, 0) is 10.7 Å². The third-order valence-corrected chi connectivity index (χ3v) is 10.5. The van der Waals surface area contributed by atoms with Crippen LogP contribution in [-0.4, -0.2) is 102 Å². The molecule has 1 unspecified atom stereocenters. The highest BCUT2D eigenvalue weighted by molar-refractivity contribution is 5.93. The second-order valence-corrected chi connectivity index (χ2v) is 14.0. The molecule has 0 bridgehead atoms. The lowest BCUT2D eigenvalue weighted by Crippen LogP contribution is -2.59. The molecule has 1 saturated carbocycles. The number of pyridine rings is 1. The van der Waals surface area contributed by atoms with Gasteiger partial charge in [-0.15, -0.1) is 0 Å². The number of nitrogens with zero attached hydrogens (tertiary/aromatic N) is 9. The lowest BCUT2D eigenvalue weighted by Gasteiger charge is -2.47. The molecule has 3 aliphatic heterocycles. The zero-order valence-electron chi connectivity index (χ0n) is 29.5. The molecule has 15 nitrogen and oxygen atoms in total. The third kappa shape index (κ3) is 5.93. The van der Waals surface area contributed by atoms with Crippen LogP contribution in [0.4, 0.5) is 23.0 Å². The third-order valence-electron chi connectivity index (χ3n) is 10.5. The number of carbonyl (C=O) groups is 2. The molecule has 2 saturated heterocycles. The predicted molar refractivity (Wildman–Crippen MR) is 195 cm³/mol. The first-order chi connectivity index (χ1) is 25.2. The summed E-state index contributed by atoms with van der Waals surface area (Å²) in [6.45, 7) is 4.26. The van der Waals surface area contributed by atoms with E-state index in [9.17, 15) is 19.8 Å². The number of para-hydroxylation sites is 1. The summed E-state index contributed by atoms with van der Waals surface area (Å²) in [6, 6.07) is 14.7. The molecule has 0 radical (unpaired) electrons. The van der Waals surface area contributed by atoms with E-state index in [1.54, 1.807) is 38.7 Å². The molecule has 9 rings (SSSR count). The first kappa shape index (κ1) is 33.7. The van der Waals surface area contributed by atoms with E-state index in [-0.39, 0.29) is 29.4 Å². The summed E-state index contributed by atoms with van der Waals surface area (Å²) < 4.78 is 3.79. The Bertz CT molecular complexity index is 2130. The minimum Gasteiger partial charge on any atom is -0.373 e. The summed E-state index contributed by atoms with van der Waals surface area (Å²) in [5.41, 5.74) is 6.12. The van der Waals surface area contributed by atoms with Crippen molar-refractivity contribution in [1.82, 2.24) is 39.2 Å². The number of hydrogen-bond acceptors (Lipinski definition) is 12. The number of anilines is 4. The number of likely N-dealkylation sites (tertiary alicyclic amines) is 2. The highest BCUT2D eigenvalue weighted by atomic mass is 16.5. The van der Waals surface area contributed by atoms with Gasteiger partial charge in [-0.1, -0.05) is 18.2 Å². The Morgan fingerprint density at radius 3 is 2.48 bits per heavy atom. The van der Waals surface area contributed by atoms with Gasteiger partial charge in [0.15, 0.2) is 5.65 Å². The summed E-state index contributed by atoms with van der Waals surface area (Å²) in [6.07, 6.45) is 8.89. The van der Waals surface area contributed by atoms with E-state index >= 15 is 0 Å². The maximum Gasteiger partial charge on any atom is 0.272 e. The minimum atomic E-state index is -2.32. The van der Waals surface area contributed by atoms with E-state index < -0.39 is 5.91 Å². The Morgan fingerprint density at radius 2 is 1.77 bits per heavy atom. The molecule has 270 valence electrons. The van der Waals surface area contributed by atoms with Crippen LogP contribution in [0.3, 0.4) is 0 Å². The van der Waals surface area contributed by atoms with Gasteiger partial charge >= 0.3 is 0 Å². The molecule has 1 amide bonds. The van der Waals surface area contributed by atoms with E-state index in [0.29, 0.717) is 32.1 Å². The fraction of sp³-hybridized carbons (Fsp3) is 0.405. The highest BCUT2D eigenvalue weighted by Crippen LogP contribution is 2.49. The molecule has 1 aromatic carbocycles. The van der Waals surface area contributed by atoms with Crippen molar-refractivity contribution in [1.29, 1.82) is 0 Å². The summed E-state index contributed by atoms with van der Waals surface area (Å²) in [5, 5.41) is 38.5. The fourth-order valence-electron chi connectivity index (χ4n) is 7.26. The Balaban J connectivity index is 0.000000715.